The Kier molecular flexibility index (Phi) is 3.06. The van der Waals surface area contributed by atoms with Gasteiger partial charge in [0.05, 0.1) is 0 Å². The number of hydrogen-bond acceptors (Lipinski definition) is 2. The van der Waals surface area contributed by atoms with E-state index in [9.17, 15) is 4.79 Å². The fourth-order valence-corrected chi connectivity index (χ4v) is 2.46. The Balaban J connectivity index is 1.90. The molecule has 0 aromatic rings. The van der Waals surface area contributed by atoms with Crippen molar-refractivity contribution in [2.24, 2.45) is 0 Å². The second kappa shape index (κ2) is 4.30. The molecule has 2 heterocycles. The van der Waals surface area contributed by atoms with Crippen molar-refractivity contribution in [3.63, 3.8) is 0 Å². The second-order valence-corrected chi connectivity index (χ2v) is 4.58. The van der Waals surface area contributed by atoms with Gasteiger partial charge in [-0.05, 0) is 32.6 Å². The Labute approximate surface area is 85.8 Å². The lowest BCUT2D eigenvalue weighted by Gasteiger charge is -2.38. The smallest absolute Gasteiger partial charge is 0.222 e. The SMILES string of the molecule is CC1CCC(N2CCCCC2=O)CN1. The van der Waals surface area contributed by atoms with Gasteiger partial charge in [-0.1, -0.05) is 0 Å². The molecule has 14 heavy (non-hydrogen) atoms. The van der Waals surface area contributed by atoms with Crippen LogP contribution in [0.3, 0.4) is 0 Å². The Bertz CT molecular complexity index is 209. The minimum atomic E-state index is 0.373. The molecule has 0 bridgehead atoms. The highest BCUT2D eigenvalue weighted by atomic mass is 16.2. The minimum Gasteiger partial charge on any atom is -0.338 e. The van der Waals surface area contributed by atoms with E-state index in [1.165, 1.54) is 19.3 Å². The topological polar surface area (TPSA) is 32.3 Å². The van der Waals surface area contributed by atoms with Gasteiger partial charge in [-0.3, -0.25) is 4.79 Å². The van der Waals surface area contributed by atoms with Crippen molar-refractivity contribution in [3.8, 4) is 0 Å². The van der Waals surface area contributed by atoms with Crippen molar-refractivity contribution in [1.29, 1.82) is 0 Å². The maximum atomic E-state index is 11.7. The summed E-state index contributed by atoms with van der Waals surface area (Å²) in [6.45, 7) is 4.20. The molecule has 0 saturated carbocycles. The Morgan fingerprint density at radius 1 is 1.36 bits per heavy atom. The molecule has 2 rings (SSSR count). The van der Waals surface area contributed by atoms with Gasteiger partial charge in [0.25, 0.3) is 0 Å². The summed E-state index contributed by atoms with van der Waals surface area (Å²) in [5.41, 5.74) is 0. The van der Waals surface area contributed by atoms with Gasteiger partial charge in [0.15, 0.2) is 0 Å². The lowest BCUT2D eigenvalue weighted by molar-refractivity contribution is -0.136. The largest absolute Gasteiger partial charge is 0.338 e. The third-order valence-electron chi connectivity index (χ3n) is 3.44. The van der Waals surface area contributed by atoms with Gasteiger partial charge >= 0.3 is 0 Å². The number of nitrogens with one attached hydrogen (secondary N) is 1. The molecule has 0 aliphatic carbocycles. The molecule has 1 amide bonds. The zero-order chi connectivity index (χ0) is 9.97. The van der Waals surface area contributed by atoms with E-state index in [4.69, 9.17) is 0 Å². The standard InChI is InChI=1S/C11H20N2O/c1-9-5-6-10(8-12-9)13-7-3-2-4-11(13)14/h9-10,12H,2-8H2,1H3. The van der Waals surface area contributed by atoms with Crippen LogP contribution in [-0.4, -0.2) is 36.0 Å². The van der Waals surface area contributed by atoms with Crippen LogP contribution in [0.25, 0.3) is 0 Å². The lowest BCUT2D eigenvalue weighted by atomic mass is 9.98. The fraction of sp³-hybridized carbons (Fsp3) is 0.909. The maximum Gasteiger partial charge on any atom is 0.222 e. The summed E-state index contributed by atoms with van der Waals surface area (Å²) in [6.07, 6.45) is 5.43. The van der Waals surface area contributed by atoms with E-state index in [-0.39, 0.29) is 0 Å². The van der Waals surface area contributed by atoms with Crippen LogP contribution >= 0.6 is 0 Å². The van der Waals surface area contributed by atoms with Crippen LogP contribution in [0, 0.1) is 0 Å². The lowest BCUT2D eigenvalue weighted by Crippen LogP contribution is -2.52. The summed E-state index contributed by atoms with van der Waals surface area (Å²) in [7, 11) is 0. The van der Waals surface area contributed by atoms with Gasteiger partial charge in [0.1, 0.15) is 0 Å². The van der Waals surface area contributed by atoms with E-state index in [1.807, 2.05) is 0 Å². The average molecular weight is 196 g/mol. The summed E-state index contributed by atoms with van der Waals surface area (Å²) >= 11 is 0. The molecule has 2 aliphatic heterocycles. The van der Waals surface area contributed by atoms with Crippen molar-refractivity contribution >= 4 is 5.91 Å². The third kappa shape index (κ3) is 2.08. The van der Waals surface area contributed by atoms with Crippen molar-refractivity contribution in [3.05, 3.63) is 0 Å². The highest BCUT2D eigenvalue weighted by molar-refractivity contribution is 5.77. The first-order chi connectivity index (χ1) is 6.77. The molecular formula is C11H20N2O. The second-order valence-electron chi connectivity index (χ2n) is 4.58. The number of piperidine rings is 2. The molecule has 2 unspecified atom stereocenters. The Hall–Kier alpha value is -0.570. The first-order valence-electron chi connectivity index (χ1n) is 5.80. The molecule has 1 N–H and O–H groups in total. The van der Waals surface area contributed by atoms with E-state index in [2.05, 4.69) is 17.1 Å². The highest BCUT2D eigenvalue weighted by Crippen LogP contribution is 2.19. The van der Waals surface area contributed by atoms with Crippen LogP contribution in [-0.2, 0) is 4.79 Å². The summed E-state index contributed by atoms with van der Waals surface area (Å²) in [5, 5.41) is 3.46. The summed E-state index contributed by atoms with van der Waals surface area (Å²) < 4.78 is 0. The number of likely N-dealkylation sites (tertiary alicyclic amines) is 1. The number of amides is 1. The van der Waals surface area contributed by atoms with Gasteiger partial charge in [-0.25, -0.2) is 0 Å². The molecule has 2 atom stereocenters. The molecule has 2 aliphatic rings. The van der Waals surface area contributed by atoms with Crippen LogP contribution < -0.4 is 5.32 Å². The van der Waals surface area contributed by atoms with E-state index in [1.54, 1.807) is 0 Å². The van der Waals surface area contributed by atoms with Gasteiger partial charge in [-0.15, -0.1) is 0 Å². The summed E-state index contributed by atoms with van der Waals surface area (Å²) in [4.78, 5) is 13.8. The van der Waals surface area contributed by atoms with E-state index >= 15 is 0 Å². The van der Waals surface area contributed by atoms with Gasteiger partial charge in [0, 0.05) is 31.6 Å². The first-order valence-corrected chi connectivity index (χ1v) is 5.80. The third-order valence-corrected chi connectivity index (χ3v) is 3.44. The molecule has 0 aromatic carbocycles. The number of hydrogen-bond donors (Lipinski definition) is 1. The summed E-state index contributed by atoms with van der Waals surface area (Å²) in [5.74, 6) is 0.373. The Morgan fingerprint density at radius 3 is 2.86 bits per heavy atom. The molecule has 0 spiro atoms. The predicted octanol–water partition coefficient (Wildman–Crippen LogP) is 1.14. The zero-order valence-corrected chi connectivity index (χ0v) is 8.96. The fourth-order valence-electron chi connectivity index (χ4n) is 2.46. The molecule has 3 heteroatoms. The Morgan fingerprint density at radius 2 is 2.21 bits per heavy atom. The van der Waals surface area contributed by atoms with E-state index < -0.39 is 0 Å². The number of rotatable bonds is 1. The van der Waals surface area contributed by atoms with Gasteiger partial charge in [0.2, 0.25) is 5.91 Å². The van der Waals surface area contributed by atoms with Gasteiger partial charge < -0.3 is 10.2 Å². The molecule has 3 nitrogen and oxygen atoms in total. The zero-order valence-electron chi connectivity index (χ0n) is 8.96. The van der Waals surface area contributed by atoms with E-state index in [0.717, 1.165) is 25.9 Å². The van der Waals surface area contributed by atoms with Crippen molar-refractivity contribution in [1.82, 2.24) is 10.2 Å². The molecule has 0 aromatic heterocycles. The highest BCUT2D eigenvalue weighted by Gasteiger charge is 2.28. The van der Waals surface area contributed by atoms with Crippen LogP contribution in [0.15, 0.2) is 0 Å². The van der Waals surface area contributed by atoms with Crippen LogP contribution in [0.1, 0.15) is 39.0 Å². The van der Waals surface area contributed by atoms with Gasteiger partial charge in [-0.2, -0.15) is 0 Å². The van der Waals surface area contributed by atoms with Crippen molar-refractivity contribution in [2.75, 3.05) is 13.1 Å². The molecule has 0 radical (unpaired) electrons. The van der Waals surface area contributed by atoms with E-state index in [0.29, 0.717) is 18.0 Å². The monoisotopic (exact) mass is 196 g/mol. The predicted molar refractivity (Wildman–Crippen MR) is 56.1 cm³/mol. The number of carbonyl (C=O) groups is 1. The van der Waals surface area contributed by atoms with Crippen LogP contribution in [0.2, 0.25) is 0 Å². The molecule has 80 valence electrons. The quantitative estimate of drug-likeness (QED) is 0.682. The molecule has 2 saturated heterocycles. The van der Waals surface area contributed by atoms with Crippen molar-refractivity contribution < 1.29 is 4.79 Å². The van der Waals surface area contributed by atoms with Crippen LogP contribution in [0.5, 0.6) is 0 Å². The van der Waals surface area contributed by atoms with Crippen molar-refractivity contribution in [2.45, 2.75) is 51.1 Å². The minimum absolute atomic E-state index is 0.373. The number of nitrogens with zero attached hydrogens (tertiary/aromatic N) is 1. The molecule has 2 fully saturated rings. The average Bonchev–Trinajstić information content (AvgIpc) is 2.20. The molecular weight excluding hydrogens is 176 g/mol. The normalized spacial score (nSPS) is 34.6. The summed E-state index contributed by atoms with van der Waals surface area (Å²) in [6, 6.07) is 1.10. The van der Waals surface area contributed by atoms with Crippen LogP contribution in [0.4, 0.5) is 0 Å². The maximum absolute atomic E-state index is 11.7. The number of carbonyl (C=O) groups excluding carboxylic acids is 1. The first kappa shape index (κ1) is 9.97.